The van der Waals surface area contributed by atoms with Crippen molar-refractivity contribution in [1.82, 2.24) is 0 Å². The highest BCUT2D eigenvalue weighted by atomic mass is 19.2. The molecule has 0 aromatic carbocycles. The molecule has 0 saturated heterocycles. The molecule has 0 heterocycles. The van der Waals surface area contributed by atoms with Gasteiger partial charge in [0, 0.05) is 13.2 Å². The zero-order chi connectivity index (χ0) is 23.1. The fourth-order valence-corrected chi connectivity index (χ4v) is 6.36. The van der Waals surface area contributed by atoms with Crippen LogP contribution in [0.1, 0.15) is 105 Å². The monoisotopic (exact) mass is 456 g/mol. The smallest absolute Gasteiger partial charge is 0.159 e. The molecule has 3 rings (SSSR count). The number of halogens is 2. The first-order valence-corrected chi connectivity index (χ1v) is 13.8. The van der Waals surface area contributed by atoms with Crippen LogP contribution in [0.4, 0.5) is 8.78 Å². The van der Waals surface area contributed by atoms with Crippen LogP contribution in [-0.2, 0) is 9.47 Å². The summed E-state index contributed by atoms with van der Waals surface area (Å²) in [4.78, 5) is 0. The molecule has 3 aliphatic rings. The van der Waals surface area contributed by atoms with Crippen molar-refractivity contribution in [1.29, 1.82) is 0 Å². The lowest BCUT2D eigenvalue weighted by atomic mass is 9.69. The molecule has 0 aliphatic heterocycles. The third kappa shape index (κ3) is 7.93. The van der Waals surface area contributed by atoms with Crippen LogP contribution in [0.2, 0.25) is 0 Å². The summed E-state index contributed by atoms with van der Waals surface area (Å²) in [6, 6.07) is 0. The predicted molar refractivity (Wildman–Crippen MR) is 128 cm³/mol. The van der Waals surface area contributed by atoms with Crippen LogP contribution >= 0.6 is 0 Å². The molecule has 0 bridgehead atoms. The summed E-state index contributed by atoms with van der Waals surface area (Å²) in [5, 5.41) is 0. The van der Waals surface area contributed by atoms with E-state index in [9.17, 15) is 8.78 Å². The van der Waals surface area contributed by atoms with Gasteiger partial charge in [0.25, 0.3) is 0 Å². The van der Waals surface area contributed by atoms with Crippen molar-refractivity contribution in [3.05, 3.63) is 0 Å². The van der Waals surface area contributed by atoms with Gasteiger partial charge < -0.3 is 9.47 Å². The number of hydrogen-bond donors (Lipinski definition) is 0. The lowest BCUT2D eigenvalue weighted by molar-refractivity contribution is -0.0847. The maximum Gasteiger partial charge on any atom is 0.159 e. The molecule has 3 fully saturated rings. The molecule has 2 nitrogen and oxygen atoms in total. The van der Waals surface area contributed by atoms with E-state index in [0.717, 1.165) is 36.5 Å². The van der Waals surface area contributed by atoms with Gasteiger partial charge in [-0.05, 0) is 101 Å². The second kappa shape index (κ2) is 13.0. The van der Waals surface area contributed by atoms with Gasteiger partial charge in [-0.1, -0.05) is 39.5 Å². The number of alkyl halides is 2. The Kier molecular flexibility index (Phi) is 10.7. The first kappa shape index (κ1) is 26.4. The summed E-state index contributed by atoms with van der Waals surface area (Å²) in [6.07, 6.45) is 10.6. The molecule has 0 N–H and O–H groups in total. The van der Waals surface area contributed by atoms with E-state index >= 15 is 0 Å². The molecule has 4 unspecified atom stereocenters. The molecule has 4 heteroatoms. The van der Waals surface area contributed by atoms with Crippen LogP contribution in [-0.4, -0.2) is 37.8 Å². The second-order valence-corrected chi connectivity index (χ2v) is 11.9. The first-order valence-electron chi connectivity index (χ1n) is 13.8. The maximum atomic E-state index is 14.8. The number of ether oxygens (including phenoxy) is 2. The highest BCUT2D eigenvalue weighted by Crippen LogP contribution is 2.41. The Bertz CT molecular complexity index is 506. The molecule has 3 aliphatic carbocycles. The van der Waals surface area contributed by atoms with Gasteiger partial charge in [0.2, 0.25) is 0 Å². The fourth-order valence-electron chi connectivity index (χ4n) is 6.36. The Morgan fingerprint density at radius 2 is 0.875 bits per heavy atom. The molecular weight excluding hydrogens is 406 g/mol. The van der Waals surface area contributed by atoms with E-state index in [4.69, 9.17) is 9.47 Å². The summed E-state index contributed by atoms with van der Waals surface area (Å²) >= 11 is 0. The van der Waals surface area contributed by atoms with Crippen LogP contribution < -0.4 is 0 Å². The van der Waals surface area contributed by atoms with Crippen molar-refractivity contribution in [2.24, 2.45) is 35.5 Å². The largest absolute Gasteiger partial charge is 0.375 e. The Labute approximate surface area is 196 Å². The highest BCUT2D eigenvalue weighted by Gasteiger charge is 2.34. The SMILES string of the molecule is CC1CCC(COC(C)C(F)C(F)C(C)OCC2CCC(C3CCC(C)CC3)CC2)CC1. The average Bonchev–Trinajstić information content (AvgIpc) is 2.82. The van der Waals surface area contributed by atoms with Crippen molar-refractivity contribution in [3.8, 4) is 0 Å². The van der Waals surface area contributed by atoms with Gasteiger partial charge >= 0.3 is 0 Å². The van der Waals surface area contributed by atoms with Crippen LogP contribution in [0.3, 0.4) is 0 Å². The van der Waals surface area contributed by atoms with Crippen LogP contribution in [0.25, 0.3) is 0 Å². The van der Waals surface area contributed by atoms with Crippen molar-refractivity contribution in [2.75, 3.05) is 13.2 Å². The Balaban J connectivity index is 1.30. The van der Waals surface area contributed by atoms with Crippen LogP contribution in [0.15, 0.2) is 0 Å². The lowest BCUT2D eigenvalue weighted by Crippen LogP contribution is -2.40. The molecule has 0 aromatic rings. The zero-order valence-corrected chi connectivity index (χ0v) is 21.2. The predicted octanol–water partition coefficient (Wildman–Crippen LogP) is 7.93. The Hall–Kier alpha value is -0.220. The van der Waals surface area contributed by atoms with E-state index in [1.807, 2.05) is 0 Å². The van der Waals surface area contributed by atoms with E-state index in [-0.39, 0.29) is 0 Å². The van der Waals surface area contributed by atoms with E-state index in [0.29, 0.717) is 25.0 Å². The quantitative estimate of drug-likeness (QED) is 0.332. The molecule has 0 amide bonds. The minimum atomic E-state index is -1.63. The van der Waals surface area contributed by atoms with E-state index in [1.54, 1.807) is 13.8 Å². The van der Waals surface area contributed by atoms with Gasteiger partial charge in [-0.15, -0.1) is 0 Å². The topological polar surface area (TPSA) is 18.5 Å². The zero-order valence-electron chi connectivity index (χ0n) is 21.2. The summed E-state index contributed by atoms with van der Waals surface area (Å²) in [6.45, 7) is 9.15. The molecule has 0 aromatic heterocycles. The molecular formula is C28H50F2O2. The number of rotatable bonds is 10. The first-order chi connectivity index (χ1) is 15.3. The van der Waals surface area contributed by atoms with Crippen molar-refractivity contribution < 1.29 is 18.3 Å². The van der Waals surface area contributed by atoms with Gasteiger partial charge in [0.1, 0.15) is 0 Å². The van der Waals surface area contributed by atoms with Gasteiger partial charge in [0.05, 0.1) is 12.2 Å². The summed E-state index contributed by atoms with van der Waals surface area (Å²) in [7, 11) is 0. The van der Waals surface area contributed by atoms with Gasteiger partial charge in [-0.25, -0.2) is 8.78 Å². The standard InChI is InChI=1S/C28H50F2O2/c1-19-5-9-23(10-6-19)17-31-21(3)27(29)28(30)22(4)32-18-24-11-15-26(16-12-24)25-13-7-20(2)8-14-25/h19-28H,5-18H2,1-4H3. The van der Waals surface area contributed by atoms with Gasteiger partial charge in [-0.3, -0.25) is 0 Å². The highest BCUT2D eigenvalue weighted by molar-refractivity contribution is 4.83. The van der Waals surface area contributed by atoms with Crippen molar-refractivity contribution in [2.45, 2.75) is 129 Å². The second-order valence-electron chi connectivity index (χ2n) is 11.9. The van der Waals surface area contributed by atoms with Gasteiger partial charge in [-0.2, -0.15) is 0 Å². The maximum absolute atomic E-state index is 14.8. The van der Waals surface area contributed by atoms with Crippen LogP contribution in [0, 0.1) is 35.5 Å². The minimum Gasteiger partial charge on any atom is -0.375 e. The van der Waals surface area contributed by atoms with Crippen molar-refractivity contribution in [3.63, 3.8) is 0 Å². The normalized spacial score (nSPS) is 38.1. The fraction of sp³-hybridized carbons (Fsp3) is 1.00. The minimum absolute atomic E-state index is 0.500. The molecule has 32 heavy (non-hydrogen) atoms. The third-order valence-corrected chi connectivity index (χ3v) is 9.14. The summed E-state index contributed by atoms with van der Waals surface area (Å²) in [5.74, 6) is 4.51. The molecule has 0 radical (unpaired) electrons. The number of hydrogen-bond acceptors (Lipinski definition) is 2. The summed E-state index contributed by atoms with van der Waals surface area (Å²) in [5.41, 5.74) is 0. The Morgan fingerprint density at radius 1 is 0.562 bits per heavy atom. The van der Waals surface area contributed by atoms with E-state index < -0.39 is 24.6 Å². The van der Waals surface area contributed by atoms with Crippen molar-refractivity contribution >= 4 is 0 Å². The molecule has 4 atom stereocenters. The van der Waals surface area contributed by atoms with Gasteiger partial charge in [0.15, 0.2) is 12.3 Å². The van der Waals surface area contributed by atoms with E-state index in [1.165, 1.54) is 64.2 Å². The van der Waals surface area contributed by atoms with Crippen LogP contribution in [0.5, 0.6) is 0 Å². The third-order valence-electron chi connectivity index (χ3n) is 9.14. The van der Waals surface area contributed by atoms with E-state index in [2.05, 4.69) is 13.8 Å². The molecule has 3 saturated carbocycles. The molecule has 188 valence electrons. The Morgan fingerprint density at radius 3 is 1.28 bits per heavy atom. The average molecular weight is 457 g/mol. The molecule has 0 spiro atoms. The lowest BCUT2D eigenvalue weighted by Gasteiger charge is -2.37. The summed E-state index contributed by atoms with van der Waals surface area (Å²) < 4.78 is 41.1.